The molecule has 28 heavy (non-hydrogen) atoms. The van der Waals surface area contributed by atoms with Crippen LogP contribution in [0.15, 0.2) is 0 Å². The Morgan fingerprint density at radius 3 is 2.71 bits per heavy atom. The Morgan fingerprint density at radius 1 is 1.39 bits per heavy atom. The van der Waals surface area contributed by atoms with Crippen molar-refractivity contribution in [1.82, 2.24) is 15.5 Å². The van der Waals surface area contributed by atoms with E-state index in [2.05, 4.69) is 33.5 Å². The van der Waals surface area contributed by atoms with Gasteiger partial charge in [0, 0.05) is 23.7 Å². The molecular weight excluding hydrogens is 446 g/mol. The van der Waals surface area contributed by atoms with Crippen molar-refractivity contribution < 1.29 is 19.5 Å². The number of fused-ring (bicyclic) bond motifs is 1. The van der Waals surface area contributed by atoms with Crippen molar-refractivity contribution in [3.63, 3.8) is 0 Å². The fraction of sp³-hybridized carbons (Fsp3) is 0.842. The lowest BCUT2D eigenvalue weighted by atomic mass is 9.70. The molecule has 0 aromatic carbocycles. The number of unbranched alkanes of at least 4 members (excludes halogenated alkanes) is 2. The number of amides is 3. The fourth-order valence-electron chi connectivity index (χ4n) is 5.08. The van der Waals surface area contributed by atoms with Crippen molar-refractivity contribution in [3.05, 3.63) is 0 Å². The van der Waals surface area contributed by atoms with E-state index in [1.54, 1.807) is 30.6 Å². The second kappa shape index (κ2) is 8.52. The van der Waals surface area contributed by atoms with Gasteiger partial charge >= 0.3 is 0 Å². The molecule has 3 heterocycles. The SMILES string of the molecule is CCCCCNC(=O)C1N([C@H](C)CO)C(=O)[C@@H]2[C@@H](C(=O)NC)[C@@H]3SC12CC3Br. The molecule has 7 atom stereocenters. The van der Waals surface area contributed by atoms with Crippen LogP contribution in [0.25, 0.3) is 0 Å². The molecule has 3 amide bonds. The van der Waals surface area contributed by atoms with E-state index >= 15 is 0 Å². The van der Waals surface area contributed by atoms with Gasteiger partial charge in [-0.2, -0.15) is 0 Å². The molecule has 0 radical (unpaired) electrons. The summed E-state index contributed by atoms with van der Waals surface area (Å²) in [4.78, 5) is 40.9. The van der Waals surface area contributed by atoms with E-state index in [0.717, 1.165) is 19.3 Å². The molecule has 3 unspecified atom stereocenters. The normalized spacial score (nSPS) is 37.1. The summed E-state index contributed by atoms with van der Waals surface area (Å²) in [6, 6.07) is -1.14. The largest absolute Gasteiger partial charge is 0.394 e. The van der Waals surface area contributed by atoms with Gasteiger partial charge in [0.05, 0.1) is 29.2 Å². The third-order valence-electron chi connectivity index (χ3n) is 6.34. The lowest BCUT2D eigenvalue weighted by Gasteiger charge is -2.36. The Morgan fingerprint density at radius 2 is 2.11 bits per heavy atom. The lowest BCUT2D eigenvalue weighted by molar-refractivity contribution is -0.142. The van der Waals surface area contributed by atoms with Crippen molar-refractivity contribution in [2.45, 2.75) is 66.4 Å². The molecule has 1 spiro atoms. The van der Waals surface area contributed by atoms with Crippen LogP contribution < -0.4 is 10.6 Å². The first-order valence-corrected chi connectivity index (χ1v) is 11.9. The number of likely N-dealkylation sites (tertiary alicyclic amines) is 1. The molecule has 0 saturated carbocycles. The van der Waals surface area contributed by atoms with Gasteiger partial charge < -0.3 is 20.6 Å². The van der Waals surface area contributed by atoms with E-state index in [0.29, 0.717) is 13.0 Å². The van der Waals surface area contributed by atoms with Gasteiger partial charge in [0.15, 0.2) is 0 Å². The number of alkyl halides is 1. The molecule has 3 saturated heterocycles. The van der Waals surface area contributed by atoms with E-state index in [4.69, 9.17) is 0 Å². The van der Waals surface area contributed by atoms with Gasteiger partial charge in [-0.25, -0.2) is 0 Å². The summed E-state index contributed by atoms with van der Waals surface area (Å²) in [7, 11) is 1.58. The van der Waals surface area contributed by atoms with E-state index < -0.39 is 28.7 Å². The van der Waals surface area contributed by atoms with Crippen molar-refractivity contribution in [1.29, 1.82) is 0 Å². The van der Waals surface area contributed by atoms with Crippen molar-refractivity contribution >= 4 is 45.4 Å². The summed E-state index contributed by atoms with van der Waals surface area (Å²) in [5.41, 5.74) is 0. The topological polar surface area (TPSA) is 98.7 Å². The number of halogens is 1. The van der Waals surface area contributed by atoms with Crippen LogP contribution >= 0.6 is 27.7 Å². The summed E-state index contributed by atoms with van der Waals surface area (Å²) < 4.78 is -0.634. The van der Waals surface area contributed by atoms with Gasteiger partial charge in [-0.3, -0.25) is 14.4 Å². The number of nitrogens with zero attached hydrogens (tertiary/aromatic N) is 1. The predicted octanol–water partition coefficient (Wildman–Crippen LogP) is 0.884. The zero-order valence-corrected chi connectivity index (χ0v) is 19.0. The summed E-state index contributed by atoms with van der Waals surface area (Å²) in [6.45, 7) is 4.22. The maximum Gasteiger partial charge on any atom is 0.244 e. The average Bonchev–Trinajstić information content (AvgIpc) is 3.27. The Balaban J connectivity index is 1.95. The Bertz CT molecular complexity index is 651. The van der Waals surface area contributed by atoms with E-state index in [-0.39, 0.29) is 34.4 Å². The van der Waals surface area contributed by atoms with Crippen LogP contribution in [-0.4, -0.2) is 74.8 Å². The summed E-state index contributed by atoms with van der Waals surface area (Å²) in [5.74, 6) is -1.50. The average molecular weight is 476 g/mol. The monoisotopic (exact) mass is 475 g/mol. The number of rotatable bonds is 8. The molecule has 2 bridgehead atoms. The standard InChI is InChI=1S/C19H30BrN3O4S/c1-4-5-6-7-22-17(26)15-19-8-11(20)14(28-19)12(16(25)21-3)13(19)18(27)23(15)10(2)9-24/h10-15,24H,4-9H2,1-3H3,(H,21,25)(H,22,26)/t10-,11?,12-,13+,14-,15?,19?/m1/s1. The number of nitrogens with one attached hydrogen (secondary N) is 2. The second-order valence-corrected chi connectivity index (χ2v) is 10.8. The molecule has 9 heteroatoms. The molecule has 158 valence electrons. The Kier molecular flexibility index (Phi) is 6.66. The molecule has 3 rings (SSSR count). The molecule has 3 N–H and O–H groups in total. The molecular formula is C19H30BrN3O4S. The third kappa shape index (κ3) is 3.27. The molecule has 3 fully saturated rings. The van der Waals surface area contributed by atoms with Crippen LogP contribution in [0.5, 0.6) is 0 Å². The van der Waals surface area contributed by atoms with Crippen molar-refractivity contribution in [2.24, 2.45) is 11.8 Å². The molecule has 0 aromatic rings. The van der Waals surface area contributed by atoms with E-state index in [1.165, 1.54) is 0 Å². The van der Waals surface area contributed by atoms with E-state index in [9.17, 15) is 19.5 Å². The number of carbonyl (C=O) groups is 3. The third-order valence-corrected chi connectivity index (χ3v) is 9.56. The van der Waals surface area contributed by atoms with Gasteiger partial charge in [-0.05, 0) is 19.8 Å². The molecule has 0 aromatic heterocycles. The maximum absolute atomic E-state index is 13.4. The predicted molar refractivity (Wildman–Crippen MR) is 112 cm³/mol. The highest BCUT2D eigenvalue weighted by molar-refractivity contribution is 9.09. The first kappa shape index (κ1) is 21.9. The number of hydrogen-bond donors (Lipinski definition) is 3. The van der Waals surface area contributed by atoms with Crippen molar-refractivity contribution in [2.75, 3.05) is 20.2 Å². The number of carbonyl (C=O) groups excluding carboxylic acids is 3. The zero-order chi connectivity index (χ0) is 20.6. The number of thioether (sulfide) groups is 1. The van der Waals surface area contributed by atoms with Crippen LogP contribution in [0.3, 0.4) is 0 Å². The summed E-state index contributed by atoms with van der Waals surface area (Å²) >= 11 is 5.31. The maximum atomic E-state index is 13.4. The van der Waals surface area contributed by atoms with Gasteiger partial charge in [-0.15, -0.1) is 11.8 Å². The van der Waals surface area contributed by atoms with Crippen LogP contribution in [-0.2, 0) is 14.4 Å². The Hall–Kier alpha value is -0.800. The fourth-order valence-corrected chi connectivity index (χ4v) is 8.68. The molecule has 3 aliphatic rings. The number of aliphatic hydroxyl groups is 1. The quantitative estimate of drug-likeness (QED) is 0.357. The number of hydrogen-bond acceptors (Lipinski definition) is 5. The lowest BCUT2D eigenvalue weighted by Crippen LogP contribution is -2.56. The first-order valence-electron chi connectivity index (χ1n) is 10.1. The summed E-state index contributed by atoms with van der Waals surface area (Å²) in [6.07, 6.45) is 3.65. The minimum absolute atomic E-state index is 0.0316. The van der Waals surface area contributed by atoms with E-state index in [1.807, 2.05) is 0 Å². The van der Waals surface area contributed by atoms with Crippen LogP contribution in [0.2, 0.25) is 0 Å². The molecule has 0 aliphatic carbocycles. The highest BCUT2D eigenvalue weighted by Gasteiger charge is 2.75. The zero-order valence-electron chi connectivity index (χ0n) is 16.6. The van der Waals surface area contributed by atoms with Crippen LogP contribution in [0.4, 0.5) is 0 Å². The van der Waals surface area contributed by atoms with Gasteiger partial charge in [0.25, 0.3) is 0 Å². The minimum atomic E-state index is -0.668. The Labute approximate surface area is 178 Å². The highest BCUT2D eigenvalue weighted by Crippen LogP contribution is 2.67. The van der Waals surface area contributed by atoms with Crippen LogP contribution in [0.1, 0.15) is 39.5 Å². The van der Waals surface area contributed by atoms with Crippen molar-refractivity contribution in [3.8, 4) is 0 Å². The van der Waals surface area contributed by atoms with Crippen LogP contribution in [0, 0.1) is 11.8 Å². The smallest absolute Gasteiger partial charge is 0.244 e. The summed E-state index contributed by atoms with van der Waals surface area (Å²) in [5, 5.41) is 15.4. The highest BCUT2D eigenvalue weighted by atomic mass is 79.9. The minimum Gasteiger partial charge on any atom is -0.394 e. The van der Waals surface area contributed by atoms with Gasteiger partial charge in [0.1, 0.15) is 6.04 Å². The second-order valence-electron chi connectivity index (χ2n) is 8.05. The molecule has 3 aliphatic heterocycles. The van der Waals surface area contributed by atoms with Gasteiger partial charge in [0.2, 0.25) is 17.7 Å². The van der Waals surface area contributed by atoms with Gasteiger partial charge in [-0.1, -0.05) is 35.7 Å². The first-order chi connectivity index (χ1) is 13.3. The molecule has 7 nitrogen and oxygen atoms in total. The number of aliphatic hydroxyl groups excluding tert-OH is 1.